The summed E-state index contributed by atoms with van der Waals surface area (Å²) in [7, 11) is 0. The van der Waals surface area contributed by atoms with E-state index in [2.05, 4.69) is 10.3 Å². The Kier molecular flexibility index (Phi) is 5.09. The van der Waals surface area contributed by atoms with Gasteiger partial charge in [-0.1, -0.05) is 26.2 Å². The molecular formula is C15H19N3O3. The normalized spacial score (nSPS) is 17.0. The number of rotatable bonds is 5. The lowest BCUT2D eigenvalue weighted by molar-refractivity contribution is -0.123. The maximum absolute atomic E-state index is 12.2. The van der Waals surface area contributed by atoms with Crippen molar-refractivity contribution in [2.75, 3.05) is 0 Å². The van der Waals surface area contributed by atoms with E-state index in [0.29, 0.717) is 12.3 Å². The van der Waals surface area contributed by atoms with Crippen molar-refractivity contribution in [1.82, 2.24) is 10.3 Å². The summed E-state index contributed by atoms with van der Waals surface area (Å²) >= 11 is 0. The minimum Gasteiger partial charge on any atom is -0.448 e. The Morgan fingerprint density at radius 2 is 2.19 bits per heavy atom. The molecular weight excluding hydrogens is 270 g/mol. The van der Waals surface area contributed by atoms with E-state index >= 15 is 0 Å². The number of nitrogens with one attached hydrogen (secondary N) is 1. The average molecular weight is 289 g/mol. The first kappa shape index (κ1) is 15.2. The quantitative estimate of drug-likeness (QED) is 0.660. The van der Waals surface area contributed by atoms with E-state index in [0.717, 1.165) is 25.7 Å². The highest BCUT2D eigenvalue weighted by Crippen LogP contribution is 2.18. The first-order valence-electron chi connectivity index (χ1n) is 7.34. The van der Waals surface area contributed by atoms with E-state index in [1.165, 1.54) is 12.7 Å². The Balaban J connectivity index is 2.02. The molecule has 112 valence electrons. The molecule has 1 aromatic heterocycles. The number of ketones is 1. The fraction of sp³-hybridized carbons (Fsp3) is 0.600. The molecule has 1 fully saturated rings. The third kappa shape index (κ3) is 3.69. The monoisotopic (exact) mass is 289 g/mol. The molecule has 0 unspecified atom stereocenters. The van der Waals surface area contributed by atoms with Crippen molar-refractivity contribution >= 4 is 11.7 Å². The maximum Gasteiger partial charge on any atom is 0.245 e. The number of carbonyl (C=O) groups is 2. The van der Waals surface area contributed by atoms with E-state index in [4.69, 9.17) is 9.68 Å². The van der Waals surface area contributed by atoms with Crippen LogP contribution in [0, 0.1) is 17.2 Å². The van der Waals surface area contributed by atoms with E-state index in [1.54, 1.807) is 6.07 Å². The molecule has 1 N–H and O–H groups in total. The minimum absolute atomic E-state index is 0.0391. The first-order valence-corrected chi connectivity index (χ1v) is 7.34. The van der Waals surface area contributed by atoms with Crippen LogP contribution in [-0.2, 0) is 11.2 Å². The molecule has 6 heteroatoms. The van der Waals surface area contributed by atoms with Gasteiger partial charge < -0.3 is 9.73 Å². The lowest BCUT2D eigenvalue weighted by Gasteiger charge is -2.23. The Labute approximate surface area is 123 Å². The number of hydrogen-bond donors (Lipinski definition) is 1. The van der Waals surface area contributed by atoms with Gasteiger partial charge in [-0.3, -0.25) is 9.59 Å². The Morgan fingerprint density at radius 3 is 2.76 bits per heavy atom. The second-order valence-electron chi connectivity index (χ2n) is 5.25. The van der Waals surface area contributed by atoms with Crippen LogP contribution in [0.25, 0.3) is 0 Å². The fourth-order valence-electron chi connectivity index (χ4n) is 2.50. The van der Waals surface area contributed by atoms with Crippen molar-refractivity contribution in [1.29, 1.82) is 5.26 Å². The van der Waals surface area contributed by atoms with Gasteiger partial charge in [0.1, 0.15) is 12.0 Å². The Bertz CT molecular complexity index is 553. The Hall–Kier alpha value is -2.16. The average Bonchev–Trinajstić information content (AvgIpc) is 2.98. The summed E-state index contributed by atoms with van der Waals surface area (Å²) in [5, 5.41) is 11.9. The number of amides is 1. The van der Waals surface area contributed by atoms with Gasteiger partial charge in [0, 0.05) is 12.5 Å². The molecule has 0 radical (unpaired) electrons. The number of aryl methyl sites for hydroxylation is 1. The van der Waals surface area contributed by atoms with Crippen LogP contribution < -0.4 is 5.32 Å². The van der Waals surface area contributed by atoms with Crippen molar-refractivity contribution in [3.8, 4) is 6.07 Å². The fourth-order valence-corrected chi connectivity index (χ4v) is 2.50. The van der Waals surface area contributed by atoms with Crippen LogP contribution in [0.4, 0.5) is 0 Å². The van der Waals surface area contributed by atoms with Gasteiger partial charge in [-0.15, -0.1) is 0 Å². The van der Waals surface area contributed by atoms with Gasteiger partial charge in [-0.05, 0) is 12.8 Å². The molecule has 0 aromatic carbocycles. The lowest BCUT2D eigenvalue weighted by atomic mass is 9.94. The smallest absolute Gasteiger partial charge is 0.245 e. The van der Waals surface area contributed by atoms with Crippen LogP contribution in [0.15, 0.2) is 10.7 Å². The van der Waals surface area contributed by atoms with Crippen molar-refractivity contribution in [3.05, 3.63) is 17.8 Å². The summed E-state index contributed by atoms with van der Waals surface area (Å²) in [6.07, 6.45) is 6.88. The summed E-state index contributed by atoms with van der Waals surface area (Å²) in [4.78, 5) is 28.3. The summed E-state index contributed by atoms with van der Waals surface area (Å²) in [6, 6.07) is 1.84. The van der Waals surface area contributed by atoms with Gasteiger partial charge in [0.15, 0.2) is 11.8 Å². The van der Waals surface area contributed by atoms with Crippen LogP contribution in [0.2, 0.25) is 0 Å². The number of carbonyl (C=O) groups excluding carboxylic acids is 2. The van der Waals surface area contributed by atoms with Crippen molar-refractivity contribution in [2.24, 2.45) is 5.92 Å². The zero-order valence-electron chi connectivity index (χ0n) is 12.1. The molecule has 1 saturated carbocycles. The SMILES string of the molecule is CCc1nc(C(=O)[C@@H](C#N)C(=O)NC2CCCCC2)co1. The number of hydrogen-bond acceptors (Lipinski definition) is 5. The highest BCUT2D eigenvalue weighted by Gasteiger charge is 2.31. The molecule has 6 nitrogen and oxygen atoms in total. The molecule has 1 heterocycles. The number of nitrogens with zero attached hydrogens (tertiary/aromatic N) is 2. The van der Waals surface area contributed by atoms with Crippen LogP contribution in [-0.4, -0.2) is 22.7 Å². The summed E-state index contributed by atoms with van der Waals surface area (Å²) in [6.45, 7) is 1.84. The van der Waals surface area contributed by atoms with E-state index in [9.17, 15) is 9.59 Å². The van der Waals surface area contributed by atoms with Gasteiger partial charge in [-0.2, -0.15) is 5.26 Å². The van der Waals surface area contributed by atoms with E-state index < -0.39 is 17.6 Å². The van der Waals surface area contributed by atoms with Crippen LogP contribution in [0.5, 0.6) is 0 Å². The Morgan fingerprint density at radius 1 is 1.48 bits per heavy atom. The van der Waals surface area contributed by atoms with Gasteiger partial charge >= 0.3 is 0 Å². The largest absolute Gasteiger partial charge is 0.448 e. The molecule has 1 amide bonds. The topological polar surface area (TPSA) is 96.0 Å². The molecule has 0 bridgehead atoms. The number of aromatic nitrogens is 1. The van der Waals surface area contributed by atoms with Gasteiger partial charge in [0.2, 0.25) is 11.7 Å². The van der Waals surface area contributed by atoms with Crippen molar-refractivity contribution in [2.45, 2.75) is 51.5 Å². The minimum atomic E-state index is -1.36. The third-order valence-corrected chi connectivity index (χ3v) is 3.71. The molecule has 0 spiro atoms. The summed E-state index contributed by atoms with van der Waals surface area (Å²) in [5.41, 5.74) is 0.0391. The number of nitriles is 1. The molecule has 1 aromatic rings. The molecule has 21 heavy (non-hydrogen) atoms. The van der Waals surface area contributed by atoms with Crippen LogP contribution in [0.3, 0.4) is 0 Å². The van der Waals surface area contributed by atoms with E-state index in [1.807, 2.05) is 6.92 Å². The van der Waals surface area contributed by atoms with E-state index in [-0.39, 0.29) is 11.7 Å². The second-order valence-corrected chi connectivity index (χ2v) is 5.25. The molecule has 1 aliphatic rings. The standard InChI is InChI=1S/C15H19N3O3/c1-2-13-18-12(9-21-13)14(19)11(8-16)15(20)17-10-6-4-3-5-7-10/h9-11H,2-7H2,1H3,(H,17,20)/t11-/m1/s1. The van der Waals surface area contributed by atoms with Crippen molar-refractivity contribution in [3.63, 3.8) is 0 Å². The van der Waals surface area contributed by atoms with Gasteiger partial charge in [0.25, 0.3) is 0 Å². The molecule has 0 aliphatic heterocycles. The number of Topliss-reactive ketones (excluding diaryl/α,β-unsaturated/α-hetero) is 1. The molecule has 1 atom stereocenters. The molecule has 1 aliphatic carbocycles. The summed E-state index contributed by atoms with van der Waals surface area (Å²) in [5.74, 6) is -2.07. The van der Waals surface area contributed by atoms with Crippen molar-refractivity contribution < 1.29 is 14.0 Å². The number of oxazole rings is 1. The summed E-state index contributed by atoms with van der Waals surface area (Å²) < 4.78 is 5.09. The highest BCUT2D eigenvalue weighted by atomic mass is 16.3. The molecule has 2 rings (SSSR count). The van der Waals surface area contributed by atoms with Crippen LogP contribution >= 0.6 is 0 Å². The zero-order valence-corrected chi connectivity index (χ0v) is 12.1. The second kappa shape index (κ2) is 7.02. The predicted molar refractivity (Wildman–Crippen MR) is 74.3 cm³/mol. The van der Waals surface area contributed by atoms with Gasteiger partial charge in [-0.25, -0.2) is 4.98 Å². The van der Waals surface area contributed by atoms with Crippen LogP contribution in [0.1, 0.15) is 55.4 Å². The lowest BCUT2D eigenvalue weighted by Crippen LogP contribution is -2.42. The third-order valence-electron chi connectivity index (χ3n) is 3.71. The molecule has 0 saturated heterocycles. The van der Waals surface area contributed by atoms with Gasteiger partial charge in [0.05, 0.1) is 6.07 Å². The zero-order chi connectivity index (χ0) is 15.2. The first-order chi connectivity index (χ1) is 10.2. The predicted octanol–water partition coefficient (Wildman–Crippen LogP) is 2.01. The maximum atomic E-state index is 12.2. The highest BCUT2D eigenvalue weighted by molar-refractivity contribution is 6.11.